The molecule has 1 aromatic heterocycles. The number of nitrogens with zero attached hydrogens (tertiary/aromatic N) is 1. The molecule has 0 spiro atoms. The fraction of sp³-hybridized carbons (Fsp3) is 0.400. The van der Waals surface area contributed by atoms with Gasteiger partial charge in [0, 0.05) is 6.20 Å². The first-order chi connectivity index (χ1) is 6.65. The summed E-state index contributed by atoms with van der Waals surface area (Å²) in [6, 6.07) is 1.26. The quantitative estimate of drug-likeness (QED) is 0.781. The summed E-state index contributed by atoms with van der Waals surface area (Å²) in [6.07, 6.45) is 4.55. The highest BCUT2D eigenvalue weighted by Crippen LogP contribution is 2.43. The van der Waals surface area contributed by atoms with Gasteiger partial charge in [0.1, 0.15) is 5.82 Å². The second-order valence-corrected chi connectivity index (χ2v) is 3.63. The Hall–Kier alpha value is -1.45. The molecule has 14 heavy (non-hydrogen) atoms. The Morgan fingerprint density at radius 3 is 2.64 bits per heavy atom. The summed E-state index contributed by atoms with van der Waals surface area (Å²) in [7, 11) is 0. The van der Waals surface area contributed by atoms with E-state index in [-0.39, 0.29) is 0 Å². The van der Waals surface area contributed by atoms with Gasteiger partial charge in [-0.15, -0.1) is 0 Å². The number of carboxylic acid groups (broad SMARTS) is 1. The Bertz CT molecular complexity index is 374. The first-order valence-corrected chi connectivity index (χ1v) is 4.49. The molecule has 2 rings (SSSR count). The first-order valence-electron chi connectivity index (χ1n) is 4.49. The van der Waals surface area contributed by atoms with E-state index in [1.54, 1.807) is 0 Å². The number of halogens is 1. The van der Waals surface area contributed by atoms with E-state index >= 15 is 0 Å². The standard InChI is InChI=1S/C10H10FNO2/c11-8-4-7(5-12-6-8)10(9(13)14)2-1-3-10/h4-6H,1-3H2,(H,13,14). The predicted octanol–water partition coefficient (Wildman–Crippen LogP) is 1.73. The Balaban J connectivity index is 2.42. The van der Waals surface area contributed by atoms with Gasteiger partial charge in [-0.2, -0.15) is 0 Å². The number of rotatable bonds is 2. The molecule has 0 aromatic carbocycles. The number of aromatic nitrogens is 1. The molecule has 1 fully saturated rings. The molecule has 1 aliphatic carbocycles. The molecule has 0 saturated heterocycles. The number of pyridine rings is 1. The Labute approximate surface area is 80.6 Å². The summed E-state index contributed by atoms with van der Waals surface area (Å²) in [6.45, 7) is 0. The van der Waals surface area contributed by atoms with Crippen molar-refractivity contribution in [2.45, 2.75) is 24.7 Å². The van der Waals surface area contributed by atoms with E-state index in [0.717, 1.165) is 12.6 Å². The van der Waals surface area contributed by atoms with Crippen molar-refractivity contribution in [3.8, 4) is 0 Å². The molecular weight excluding hydrogens is 185 g/mol. The molecule has 4 heteroatoms. The van der Waals surface area contributed by atoms with E-state index in [1.165, 1.54) is 12.3 Å². The normalized spacial score (nSPS) is 18.6. The molecule has 1 aromatic rings. The molecule has 0 aliphatic heterocycles. The SMILES string of the molecule is O=C(O)C1(c2cncc(F)c2)CCC1. The second-order valence-electron chi connectivity index (χ2n) is 3.63. The third-order valence-corrected chi connectivity index (χ3v) is 2.87. The van der Waals surface area contributed by atoms with Crippen molar-refractivity contribution in [2.24, 2.45) is 0 Å². The van der Waals surface area contributed by atoms with Gasteiger partial charge in [0.05, 0.1) is 11.6 Å². The van der Waals surface area contributed by atoms with Crippen molar-refractivity contribution in [1.29, 1.82) is 0 Å². The Morgan fingerprint density at radius 1 is 1.50 bits per heavy atom. The lowest BCUT2D eigenvalue weighted by molar-refractivity contribution is -0.147. The summed E-state index contributed by atoms with van der Waals surface area (Å²) in [5.74, 6) is -1.36. The van der Waals surface area contributed by atoms with E-state index in [2.05, 4.69) is 4.98 Å². The molecule has 1 aliphatic rings. The fourth-order valence-electron chi connectivity index (χ4n) is 1.83. The van der Waals surface area contributed by atoms with Crippen LogP contribution in [-0.2, 0) is 10.2 Å². The van der Waals surface area contributed by atoms with Crippen LogP contribution in [-0.4, -0.2) is 16.1 Å². The third kappa shape index (κ3) is 1.18. The Kier molecular flexibility index (Phi) is 1.98. The lowest BCUT2D eigenvalue weighted by Gasteiger charge is -2.37. The number of carboxylic acids is 1. The number of hydrogen-bond donors (Lipinski definition) is 1. The van der Waals surface area contributed by atoms with Gasteiger partial charge in [-0.1, -0.05) is 6.42 Å². The summed E-state index contributed by atoms with van der Waals surface area (Å²) in [5, 5.41) is 9.08. The van der Waals surface area contributed by atoms with E-state index < -0.39 is 17.2 Å². The van der Waals surface area contributed by atoms with Gasteiger partial charge in [-0.25, -0.2) is 4.39 Å². The molecule has 0 atom stereocenters. The van der Waals surface area contributed by atoms with Gasteiger partial charge in [0.2, 0.25) is 0 Å². The highest BCUT2D eigenvalue weighted by Gasteiger charge is 2.46. The van der Waals surface area contributed by atoms with Crippen LogP contribution in [0.3, 0.4) is 0 Å². The maximum Gasteiger partial charge on any atom is 0.314 e. The van der Waals surface area contributed by atoms with Crippen LogP contribution >= 0.6 is 0 Å². The average molecular weight is 195 g/mol. The van der Waals surface area contributed by atoms with E-state index in [4.69, 9.17) is 5.11 Å². The van der Waals surface area contributed by atoms with Crippen LogP contribution in [0.4, 0.5) is 4.39 Å². The van der Waals surface area contributed by atoms with Crippen LogP contribution in [0.5, 0.6) is 0 Å². The average Bonchev–Trinajstić information content (AvgIpc) is 2.00. The number of aliphatic carboxylic acids is 1. The lowest BCUT2D eigenvalue weighted by atomic mass is 9.65. The molecule has 1 heterocycles. The van der Waals surface area contributed by atoms with Gasteiger partial charge in [0.15, 0.2) is 0 Å². The zero-order valence-corrected chi connectivity index (χ0v) is 7.53. The molecule has 0 radical (unpaired) electrons. The topological polar surface area (TPSA) is 50.2 Å². The van der Waals surface area contributed by atoms with Gasteiger partial charge < -0.3 is 5.11 Å². The fourth-order valence-corrected chi connectivity index (χ4v) is 1.83. The molecule has 1 saturated carbocycles. The smallest absolute Gasteiger partial charge is 0.314 e. The maximum atomic E-state index is 12.9. The van der Waals surface area contributed by atoms with Crippen LogP contribution in [0.2, 0.25) is 0 Å². The third-order valence-electron chi connectivity index (χ3n) is 2.87. The van der Waals surface area contributed by atoms with Crippen molar-refractivity contribution in [2.75, 3.05) is 0 Å². The lowest BCUT2D eigenvalue weighted by Crippen LogP contribution is -2.42. The van der Waals surface area contributed by atoms with Crippen LogP contribution in [0, 0.1) is 5.82 Å². The first kappa shape index (κ1) is 9.12. The molecule has 74 valence electrons. The molecule has 3 nitrogen and oxygen atoms in total. The highest BCUT2D eigenvalue weighted by atomic mass is 19.1. The van der Waals surface area contributed by atoms with Gasteiger partial charge in [0.25, 0.3) is 0 Å². The van der Waals surface area contributed by atoms with E-state index in [1.807, 2.05) is 0 Å². The van der Waals surface area contributed by atoms with Gasteiger partial charge in [-0.3, -0.25) is 9.78 Å². The van der Waals surface area contributed by atoms with E-state index in [9.17, 15) is 9.18 Å². The van der Waals surface area contributed by atoms with Gasteiger partial charge in [-0.05, 0) is 24.5 Å². The minimum Gasteiger partial charge on any atom is -0.481 e. The van der Waals surface area contributed by atoms with Crippen molar-refractivity contribution >= 4 is 5.97 Å². The van der Waals surface area contributed by atoms with Crippen LogP contribution in [0.15, 0.2) is 18.5 Å². The molecule has 0 unspecified atom stereocenters. The number of carbonyl (C=O) groups is 1. The molecule has 0 amide bonds. The van der Waals surface area contributed by atoms with Crippen molar-refractivity contribution in [3.63, 3.8) is 0 Å². The molecular formula is C10H10FNO2. The largest absolute Gasteiger partial charge is 0.481 e. The highest BCUT2D eigenvalue weighted by molar-refractivity contribution is 5.82. The summed E-state index contributed by atoms with van der Waals surface area (Å²) < 4.78 is 12.9. The Morgan fingerprint density at radius 2 is 2.21 bits per heavy atom. The zero-order chi connectivity index (χ0) is 10.2. The minimum atomic E-state index is -0.880. The van der Waals surface area contributed by atoms with Crippen LogP contribution < -0.4 is 0 Å². The summed E-state index contributed by atoms with van der Waals surface area (Å²) in [4.78, 5) is 14.7. The van der Waals surface area contributed by atoms with Crippen molar-refractivity contribution < 1.29 is 14.3 Å². The molecule has 1 N–H and O–H groups in total. The van der Waals surface area contributed by atoms with Crippen molar-refractivity contribution in [3.05, 3.63) is 29.8 Å². The second kappa shape index (κ2) is 3.04. The van der Waals surface area contributed by atoms with Crippen LogP contribution in [0.25, 0.3) is 0 Å². The predicted molar refractivity (Wildman–Crippen MR) is 47.4 cm³/mol. The minimum absolute atomic E-state index is 0.477. The van der Waals surface area contributed by atoms with Crippen molar-refractivity contribution in [1.82, 2.24) is 4.98 Å². The zero-order valence-electron chi connectivity index (χ0n) is 7.53. The van der Waals surface area contributed by atoms with Crippen LogP contribution in [0.1, 0.15) is 24.8 Å². The summed E-state index contributed by atoms with van der Waals surface area (Å²) in [5.41, 5.74) is -0.397. The monoisotopic (exact) mass is 195 g/mol. The summed E-state index contributed by atoms with van der Waals surface area (Å²) >= 11 is 0. The maximum absolute atomic E-state index is 12.9. The van der Waals surface area contributed by atoms with Gasteiger partial charge >= 0.3 is 5.97 Å². The van der Waals surface area contributed by atoms with E-state index in [0.29, 0.717) is 18.4 Å². The molecule has 0 bridgehead atoms. The number of hydrogen-bond acceptors (Lipinski definition) is 2.